The molecule has 24 heavy (non-hydrogen) atoms. The van der Waals surface area contributed by atoms with Gasteiger partial charge in [-0.05, 0) is 32.8 Å². The van der Waals surface area contributed by atoms with Crippen LogP contribution in [0.25, 0.3) is 10.2 Å². The van der Waals surface area contributed by atoms with Crippen molar-refractivity contribution in [2.75, 3.05) is 13.2 Å². The highest BCUT2D eigenvalue weighted by molar-refractivity contribution is 7.18. The Balaban J connectivity index is 1.92. The number of ether oxygens (including phenoxy) is 1. The number of nitrogens with zero attached hydrogens (tertiary/aromatic N) is 3. The number of carbonyl (C=O) groups excluding carboxylic acids is 1. The van der Waals surface area contributed by atoms with Gasteiger partial charge in [-0.25, -0.2) is 9.78 Å². The summed E-state index contributed by atoms with van der Waals surface area (Å²) in [6, 6.07) is 0. The average molecular weight is 351 g/mol. The summed E-state index contributed by atoms with van der Waals surface area (Å²) in [5.74, 6) is 0. The summed E-state index contributed by atoms with van der Waals surface area (Å²) >= 11 is 1.44. The van der Waals surface area contributed by atoms with Crippen LogP contribution in [-0.4, -0.2) is 44.4 Å². The number of aromatic nitrogens is 2. The Bertz CT molecular complexity index is 834. The van der Waals surface area contributed by atoms with Gasteiger partial charge in [-0.2, -0.15) is 0 Å². The first-order valence-electron chi connectivity index (χ1n) is 7.88. The monoisotopic (exact) mass is 351 g/mol. The molecule has 130 valence electrons. The Labute approximate surface area is 143 Å². The minimum absolute atomic E-state index is 0.105. The quantitative estimate of drug-likeness (QED) is 0.891. The van der Waals surface area contributed by atoms with E-state index < -0.39 is 5.60 Å². The zero-order valence-electron chi connectivity index (χ0n) is 14.0. The second kappa shape index (κ2) is 6.18. The summed E-state index contributed by atoms with van der Waals surface area (Å²) in [7, 11) is 0. The number of aliphatic hydroxyl groups is 1. The van der Waals surface area contributed by atoms with Crippen molar-refractivity contribution in [3.05, 3.63) is 27.1 Å². The topological polar surface area (TPSA) is 84.7 Å². The molecule has 0 spiro atoms. The largest absolute Gasteiger partial charge is 0.444 e. The summed E-state index contributed by atoms with van der Waals surface area (Å²) in [6.45, 7) is 6.60. The van der Waals surface area contributed by atoms with Crippen molar-refractivity contribution in [2.24, 2.45) is 0 Å². The van der Waals surface area contributed by atoms with Gasteiger partial charge in [0.05, 0.1) is 31.4 Å². The van der Waals surface area contributed by atoms with Gasteiger partial charge in [0.2, 0.25) is 0 Å². The van der Waals surface area contributed by atoms with Crippen LogP contribution in [0.1, 0.15) is 31.2 Å². The van der Waals surface area contributed by atoms with E-state index in [2.05, 4.69) is 4.98 Å². The number of thiophene rings is 1. The van der Waals surface area contributed by atoms with Crippen LogP contribution in [0.3, 0.4) is 0 Å². The molecule has 8 heteroatoms. The predicted octanol–water partition coefficient (Wildman–Crippen LogP) is 1.74. The Morgan fingerprint density at radius 3 is 2.88 bits per heavy atom. The molecule has 3 heterocycles. The van der Waals surface area contributed by atoms with E-state index >= 15 is 0 Å². The fourth-order valence-electron chi connectivity index (χ4n) is 2.77. The number of hydrogen-bond acceptors (Lipinski definition) is 6. The van der Waals surface area contributed by atoms with Crippen LogP contribution >= 0.6 is 11.3 Å². The molecular formula is C16H21N3O4S. The first kappa shape index (κ1) is 16.9. The van der Waals surface area contributed by atoms with E-state index in [4.69, 9.17) is 9.84 Å². The second-order valence-corrected chi connectivity index (χ2v) is 7.89. The Morgan fingerprint density at radius 1 is 1.46 bits per heavy atom. The highest BCUT2D eigenvalue weighted by Crippen LogP contribution is 2.32. The lowest BCUT2D eigenvalue weighted by atomic mass is 10.1. The summed E-state index contributed by atoms with van der Waals surface area (Å²) in [4.78, 5) is 32.5. The first-order chi connectivity index (χ1) is 11.3. The van der Waals surface area contributed by atoms with E-state index in [1.807, 2.05) is 20.8 Å². The molecule has 0 radical (unpaired) electrons. The second-order valence-electron chi connectivity index (χ2n) is 6.80. The fourth-order valence-corrected chi connectivity index (χ4v) is 3.96. The summed E-state index contributed by atoms with van der Waals surface area (Å²) in [6.07, 6.45) is 1.74. The van der Waals surface area contributed by atoms with E-state index in [9.17, 15) is 9.59 Å². The standard InChI is InChI=1S/C16H21N3O4S/c1-16(2,3)23-15(22)18-5-4-10-11(8-18)24-13-12(10)14(21)19(6-7-20)9-17-13/h9,20H,4-8H2,1-3H3. The first-order valence-corrected chi connectivity index (χ1v) is 8.70. The van der Waals surface area contributed by atoms with Crippen molar-refractivity contribution >= 4 is 27.6 Å². The van der Waals surface area contributed by atoms with Crippen molar-refractivity contribution in [1.29, 1.82) is 0 Å². The smallest absolute Gasteiger partial charge is 0.410 e. The molecule has 1 amide bonds. The zero-order valence-corrected chi connectivity index (χ0v) is 14.9. The van der Waals surface area contributed by atoms with Crippen LogP contribution in [0.4, 0.5) is 4.79 Å². The highest BCUT2D eigenvalue weighted by Gasteiger charge is 2.29. The highest BCUT2D eigenvalue weighted by atomic mass is 32.1. The Hall–Kier alpha value is -1.93. The van der Waals surface area contributed by atoms with Gasteiger partial charge in [0.15, 0.2) is 0 Å². The van der Waals surface area contributed by atoms with Gasteiger partial charge in [0.25, 0.3) is 5.56 Å². The molecule has 1 N–H and O–H groups in total. The summed E-state index contributed by atoms with van der Waals surface area (Å²) in [5.41, 5.74) is 0.314. The van der Waals surface area contributed by atoms with Gasteiger partial charge in [0, 0.05) is 11.4 Å². The van der Waals surface area contributed by atoms with Gasteiger partial charge in [-0.3, -0.25) is 9.36 Å². The molecule has 0 aromatic carbocycles. The lowest BCUT2D eigenvalue weighted by Crippen LogP contribution is -2.39. The van der Waals surface area contributed by atoms with Crippen LogP contribution in [-0.2, 0) is 24.2 Å². The van der Waals surface area contributed by atoms with Crippen LogP contribution in [0, 0.1) is 0 Å². The molecule has 0 atom stereocenters. The van der Waals surface area contributed by atoms with Gasteiger partial charge in [-0.1, -0.05) is 0 Å². The molecule has 0 saturated heterocycles. The number of carbonyl (C=O) groups is 1. The lowest BCUT2D eigenvalue weighted by molar-refractivity contribution is 0.0227. The summed E-state index contributed by atoms with van der Waals surface area (Å²) in [5, 5.41) is 9.67. The molecule has 3 rings (SSSR count). The SMILES string of the molecule is CC(C)(C)OC(=O)N1CCc2c(sc3ncn(CCO)c(=O)c23)C1. The molecule has 1 aliphatic heterocycles. The third-order valence-electron chi connectivity index (χ3n) is 3.82. The molecule has 2 aromatic heterocycles. The van der Waals surface area contributed by atoms with Crippen LogP contribution < -0.4 is 5.56 Å². The van der Waals surface area contributed by atoms with Crippen LogP contribution in [0.5, 0.6) is 0 Å². The zero-order chi connectivity index (χ0) is 17.5. The number of aliphatic hydroxyl groups excluding tert-OH is 1. The minimum atomic E-state index is -0.531. The molecule has 0 fully saturated rings. The Morgan fingerprint density at radius 2 is 2.21 bits per heavy atom. The van der Waals surface area contributed by atoms with Gasteiger partial charge in [-0.15, -0.1) is 11.3 Å². The van der Waals surface area contributed by atoms with E-state index in [1.54, 1.807) is 4.90 Å². The van der Waals surface area contributed by atoms with E-state index in [0.29, 0.717) is 29.7 Å². The normalized spacial score (nSPS) is 14.8. The molecule has 0 bridgehead atoms. The number of fused-ring (bicyclic) bond motifs is 3. The molecular weight excluding hydrogens is 330 g/mol. The van der Waals surface area contributed by atoms with E-state index in [-0.39, 0.29) is 24.8 Å². The number of amides is 1. The predicted molar refractivity (Wildman–Crippen MR) is 91.3 cm³/mol. The van der Waals surface area contributed by atoms with Crippen molar-refractivity contribution in [3.63, 3.8) is 0 Å². The molecule has 1 aliphatic rings. The third kappa shape index (κ3) is 3.16. The van der Waals surface area contributed by atoms with Crippen molar-refractivity contribution < 1.29 is 14.6 Å². The van der Waals surface area contributed by atoms with Crippen molar-refractivity contribution in [3.8, 4) is 0 Å². The molecule has 7 nitrogen and oxygen atoms in total. The van der Waals surface area contributed by atoms with Crippen LogP contribution in [0.2, 0.25) is 0 Å². The van der Waals surface area contributed by atoms with Crippen LogP contribution in [0.15, 0.2) is 11.1 Å². The van der Waals surface area contributed by atoms with E-state index in [1.165, 1.54) is 22.2 Å². The molecule has 2 aromatic rings. The number of hydrogen-bond donors (Lipinski definition) is 1. The Kier molecular flexibility index (Phi) is 4.35. The number of rotatable bonds is 2. The molecule has 0 unspecified atom stereocenters. The van der Waals surface area contributed by atoms with Gasteiger partial charge in [0.1, 0.15) is 10.4 Å². The average Bonchev–Trinajstić information content (AvgIpc) is 2.86. The third-order valence-corrected chi connectivity index (χ3v) is 4.94. The van der Waals surface area contributed by atoms with Crippen molar-refractivity contribution in [1.82, 2.24) is 14.5 Å². The van der Waals surface area contributed by atoms with Gasteiger partial charge < -0.3 is 14.7 Å². The summed E-state index contributed by atoms with van der Waals surface area (Å²) < 4.78 is 6.85. The molecule has 0 saturated carbocycles. The maximum atomic E-state index is 12.6. The maximum absolute atomic E-state index is 12.6. The molecule has 0 aliphatic carbocycles. The minimum Gasteiger partial charge on any atom is -0.444 e. The van der Waals surface area contributed by atoms with Gasteiger partial charge >= 0.3 is 6.09 Å². The lowest BCUT2D eigenvalue weighted by Gasteiger charge is -2.29. The van der Waals surface area contributed by atoms with Crippen molar-refractivity contribution in [2.45, 2.75) is 45.9 Å². The van der Waals surface area contributed by atoms with E-state index in [0.717, 1.165) is 10.4 Å². The fraction of sp³-hybridized carbons (Fsp3) is 0.562. The maximum Gasteiger partial charge on any atom is 0.410 e.